The number of para-hydroxylation sites is 1. The Labute approximate surface area is 149 Å². The van der Waals surface area contributed by atoms with Crippen molar-refractivity contribution < 1.29 is 14.2 Å². The van der Waals surface area contributed by atoms with Crippen LogP contribution in [-0.2, 0) is 6.54 Å². The Morgan fingerprint density at radius 3 is 2.40 bits per heavy atom. The number of nitrogens with one attached hydrogen (secondary N) is 1. The summed E-state index contributed by atoms with van der Waals surface area (Å²) >= 11 is 0. The molecule has 1 fully saturated rings. The summed E-state index contributed by atoms with van der Waals surface area (Å²) in [6.07, 6.45) is 1.13. The zero-order valence-corrected chi connectivity index (χ0v) is 15.1. The van der Waals surface area contributed by atoms with E-state index in [1.54, 1.807) is 21.3 Å². The van der Waals surface area contributed by atoms with Gasteiger partial charge < -0.3 is 24.4 Å². The van der Waals surface area contributed by atoms with Gasteiger partial charge in [0.25, 0.3) is 0 Å². The Morgan fingerprint density at radius 2 is 1.72 bits per heavy atom. The van der Waals surface area contributed by atoms with Gasteiger partial charge in [0, 0.05) is 36.9 Å². The summed E-state index contributed by atoms with van der Waals surface area (Å²) in [6, 6.07) is 15.0. The lowest BCUT2D eigenvalue weighted by Crippen LogP contribution is -2.32. The summed E-state index contributed by atoms with van der Waals surface area (Å²) in [5.41, 5.74) is 2.36. The van der Waals surface area contributed by atoms with Crippen LogP contribution in [0.3, 0.4) is 0 Å². The van der Waals surface area contributed by atoms with E-state index >= 15 is 0 Å². The standard InChI is InChI=1S/C20H26N2O3/c1-23-18-10-9-15(19(24-2)20(18)25-3)13-21-16-11-12-22(14-16)17-7-5-4-6-8-17/h4-10,16,21H,11-14H2,1-3H3/t16-/m1/s1. The maximum Gasteiger partial charge on any atom is 0.203 e. The molecule has 0 amide bonds. The van der Waals surface area contributed by atoms with E-state index in [1.807, 2.05) is 12.1 Å². The molecule has 2 aromatic carbocycles. The minimum atomic E-state index is 0.456. The van der Waals surface area contributed by atoms with Crippen molar-refractivity contribution >= 4 is 5.69 Å². The third-order valence-electron chi connectivity index (χ3n) is 4.68. The lowest BCUT2D eigenvalue weighted by atomic mass is 10.1. The fourth-order valence-corrected chi connectivity index (χ4v) is 3.36. The van der Waals surface area contributed by atoms with Crippen LogP contribution in [0.15, 0.2) is 42.5 Å². The van der Waals surface area contributed by atoms with Gasteiger partial charge in [-0.3, -0.25) is 0 Å². The molecule has 1 saturated heterocycles. The van der Waals surface area contributed by atoms with E-state index in [9.17, 15) is 0 Å². The van der Waals surface area contributed by atoms with Gasteiger partial charge in [-0.05, 0) is 24.6 Å². The zero-order chi connectivity index (χ0) is 17.6. The monoisotopic (exact) mass is 342 g/mol. The molecule has 0 bridgehead atoms. The van der Waals surface area contributed by atoms with E-state index < -0.39 is 0 Å². The summed E-state index contributed by atoms with van der Waals surface area (Å²) in [7, 11) is 4.92. The summed E-state index contributed by atoms with van der Waals surface area (Å²) < 4.78 is 16.4. The van der Waals surface area contributed by atoms with Crippen LogP contribution in [0.25, 0.3) is 0 Å². The maximum absolute atomic E-state index is 5.56. The largest absolute Gasteiger partial charge is 0.493 e. The third kappa shape index (κ3) is 3.82. The Bertz CT molecular complexity index is 691. The van der Waals surface area contributed by atoms with Gasteiger partial charge in [0.05, 0.1) is 21.3 Å². The van der Waals surface area contributed by atoms with Gasteiger partial charge in [-0.25, -0.2) is 0 Å². The van der Waals surface area contributed by atoms with Gasteiger partial charge in [0.15, 0.2) is 11.5 Å². The topological polar surface area (TPSA) is 43.0 Å². The number of methoxy groups -OCH3 is 3. The number of anilines is 1. The molecule has 5 nitrogen and oxygen atoms in total. The van der Waals surface area contributed by atoms with E-state index in [0.717, 1.165) is 37.4 Å². The maximum atomic E-state index is 5.56. The van der Waals surface area contributed by atoms with Gasteiger partial charge in [0.1, 0.15) is 0 Å². The number of rotatable bonds is 7. The van der Waals surface area contributed by atoms with Crippen LogP contribution in [0.2, 0.25) is 0 Å². The van der Waals surface area contributed by atoms with Gasteiger partial charge in [-0.15, -0.1) is 0 Å². The molecule has 0 aliphatic carbocycles. The molecule has 1 N–H and O–H groups in total. The van der Waals surface area contributed by atoms with Crippen LogP contribution in [0.4, 0.5) is 5.69 Å². The van der Waals surface area contributed by atoms with Gasteiger partial charge in [-0.1, -0.05) is 24.3 Å². The first-order valence-corrected chi connectivity index (χ1v) is 8.58. The highest BCUT2D eigenvalue weighted by Crippen LogP contribution is 2.39. The van der Waals surface area contributed by atoms with Crippen molar-refractivity contribution in [2.45, 2.75) is 19.0 Å². The minimum absolute atomic E-state index is 0.456. The number of hydrogen-bond donors (Lipinski definition) is 1. The predicted octanol–water partition coefficient (Wildman–Crippen LogP) is 3.08. The predicted molar refractivity (Wildman–Crippen MR) is 100.0 cm³/mol. The molecular weight excluding hydrogens is 316 g/mol. The molecule has 134 valence electrons. The Kier molecular flexibility index (Phi) is 5.66. The third-order valence-corrected chi connectivity index (χ3v) is 4.68. The first kappa shape index (κ1) is 17.4. The molecule has 0 aromatic heterocycles. The minimum Gasteiger partial charge on any atom is -0.493 e. The smallest absolute Gasteiger partial charge is 0.203 e. The molecule has 0 spiro atoms. The Morgan fingerprint density at radius 1 is 0.960 bits per heavy atom. The first-order valence-electron chi connectivity index (χ1n) is 8.58. The van der Waals surface area contributed by atoms with Crippen LogP contribution < -0.4 is 24.4 Å². The van der Waals surface area contributed by atoms with E-state index in [1.165, 1.54) is 5.69 Å². The second-order valence-electron chi connectivity index (χ2n) is 6.14. The number of hydrogen-bond acceptors (Lipinski definition) is 5. The number of ether oxygens (including phenoxy) is 3. The van der Waals surface area contributed by atoms with Crippen LogP contribution in [-0.4, -0.2) is 40.5 Å². The average Bonchev–Trinajstić information content (AvgIpc) is 3.15. The summed E-state index contributed by atoms with van der Waals surface area (Å²) in [4.78, 5) is 2.42. The molecule has 3 rings (SSSR count). The lowest BCUT2D eigenvalue weighted by Gasteiger charge is -2.20. The first-order chi connectivity index (χ1) is 12.3. The van der Waals surface area contributed by atoms with Crippen LogP contribution in [0.5, 0.6) is 17.2 Å². The second kappa shape index (κ2) is 8.12. The highest BCUT2D eigenvalue weighted by atomic mass is 16.5. The summed E-state index contributed by atoms with van der Waals surface area (Å²) in [6.45, 7) is 2.82. The SMILES string of the molecule is COc1ccc(CN[C@@H]2CCN(c3ccccc3)C2)c(OC)c1OC. The normalized spacial score (nSPS) is 16.8. The molecule has 0 radical (unpaired) electrons. The molecule has 5 heteroatoms. The summed E-state index contributed by atoms with van der Waals surface area (Å²) in [5, 5.41) is 3.64. The molecular formula is C20H26N2O3. The van der Waals surface area contributed by atoms with Crippen LogP contribution in [0, 0.1) is 0 Å². The number of benzene rings is 2. The van der Waals surface area contributed by atoms with Crippen LogP contribution >= 0.6 is 0 Å². The molecule has 1 aliphatic rings. The van der Waals surface area contributed by atoms with Crippen molar-refractivity contribution in [1.29, 1.82) is 0 Å². The van der Waals surface area contributed by atoms with Gasteiger partial charge in [0.2, 0.25) is 5.75 Å². The molecule has 25 heavy (non-hydrogen) atoms. The van der Waals surface area contributed by atoms with Crippen molar-refractivity contribution in [1.82, 2.24) is 5.32 Å². The van der Waals surface area contributed by atoms with E-state index in [0.29, 0.717) is 17.5 Å². The van der Waals surface area contributed by atoms with Crippen LogP contribution in [0.1, 0.15) is 12.0 Å². The fraction of sp³-hybridized carbons (Fsp3) is 0.400. The molecule has 0 saturated carbocycles. The second-order valence-corrected chi connectivity index (χ2v) is 6.14. The molecule has 2 aromatic rings. The van der Waals surface area contributed by atoms with E-state index in [4.69, 9.17) is 14.2 Å². The highest BCUT2D eigenvalue weighted by molar-refractivity contribution is 5.55. The highest BCUT2D eigenvalue weighted by Gasteiger charge is 2.23. The molecule has 1 aliphatic heterocycles. The fourth-order valence-electron chi connectivity index (χ4n) is 3.36. The Hall–Kier alpha value is -2.40. The number of nitrogens with zero attached hydrogens (tertiary/aromatic N) is 1. The summed E-state index contributed by atoms with van der Waals surface area (Å²) in [5.74, 6) is 2.05. The zero-order valence-electron chi connectivity index (χ0n) is 15.1. The van der Waals surface area contributed by atoms with Crippen molar-refractivity contribution in [2.24, 2.45) is 0 Å². The Balaban J connectivity index is 1.64. The lowest BCUT2D eigenvalue weighted by molar-refractivity contribution is 0.321. The molecule has 1 heterocycles. The van der Waals surface area contributed by atoms with Crippen molar-refractivity contribution in [3.63, 3.8) is 0 Å². The quantitative estimate of drug-likeness (QED) is 0.838. The molecule has 1 atom stereocenters. The van der Waals surface area contributed by atoms with Gasteiger partial charge in [-0.2, -0.15) is 0 Å². The van der Waals surface area contributed by atoms with Crippen molar-refractivity contribution in [2.75, 3.05) is 39.3 Å². The van der Waals surface area contributed by atoms with Crippen molar-refractivity contribution in [3.8, 4) is 17.2 Å². The van der Waals surface area contributed by atoms with E-state index in [-0.39, 0.29) is 0 Å². The van der Waals surface area contributed by atoms with Crippen molar-refractivity contribution in [3.05, 3.63) is 48.0 Å². The molecule has 0 unspecified atom stereocenters. The average molecular weight is 342 g/mol. The van der Waals surface area contributed by atoms with Gasteiger partial charge >= 0.3 is 0 Å². The van der Waals surface area contributed by atoms with E-state index in [2.05, 4.69) is 40.5 Å².